The Balaban J connectivity index is 1.04. The first-order chi connectivity index (χ1) is 22.1. The summed E-state index contributed by atoms with van der Waals surface area (Å²) >= 11 is 7.84. The maximum absolute atomic E-state index is 13.7. The monoisotopic (exact) mass is 663 g/mol. The van der Waals surface area contributed by atoms with Crippen molar-refractivity contribution < 1.29 is 14.3 Å². The van der Waals surface area contributed by atoms with Gasteiger partial charge in [0, 0.05) is 55.5 Å². The van der Waals surface area contributed by atoms with E-state index in [-0.39, 0.29) is 23.5 Å². The third-order valence-electron chi connectivity index (χ3n) is 9.20. The Kier molecular flexibility index (Phi) is 10.0. The first kappa shape index (κ1) is 32.9. The van der Waals surface area contributed by atoms with Crippen LogP contribution in [0, 0.1) is 6.92 Å². The van der Waals surface area contributed by atoms with Gasteiger partial charge in [0.25, 0.3) is 5.56 Å². The van der Waals surface area contributed by atoms with E-state index >= 15 is 0 Å². The molecule has 3 aromatic rings. The van der Waals surface area contributed by atoms with Gasteiger partial charge in [-0.3, -0.25) is 29.2 Å². The lowest BCUT2D eigenvalue weighted by atomic mass is 9.87. The zero-order valence-corrected chi connectivity index (χ0v) is 28.4. The fourth-order valence-electron chi connectivity index (χ4n) is 6.72. The second-order valence-corrected chi connectivity index (χ2v) is 14.7. The fourth-order valence-corrected chi connectivity index (χ4v) is 7.85. The summed E-state index contributed by atoms with van der Waals surface area (Å²) in [4.78, 5) is 48.6. The van der Waals surface area contributed by atoms with Crippen molar-refractivity contribution in [3.05, 3.63) is 74.8 Å². The quantitative estimate of drug-likeness (QED) is 0.192. The van der Waals surface area contributed by atoms with Crippen LogP contribution in [0.25, 0.3) is 16.5 Å². The molecular weight excluding hydrogens is 622 g/mol. The van der Waals surface area contributed by atoms with Crippen LogP contribution in [0.5, 0.6) is 0 Å². The van der Waals surface area contributed by atoms with Crippen LogP contribution in [0.1, 0.15) is 57.0 Å². The van der Waals surface area contributed by atoms with Crippen LogP contribution in [0.15, 0.2) is 57.7 Å². The molecule has 1 N–H and O–H groups in total. The average molecular weight is 664 g/mol. The number of aromatic nitrogens is 2. The molecule has 0 radical (unpaired) electrons. The number of benzene rings is 2. The Morgan fingerprint density at radius 2 is 1.78 bits per heavy atom. The third-order valence-corrected chi connectivity index (χ3v) is 10.6. The van der Waals surface area contributed by atoms with Gasteiger partial charge in [-0.2, -0.15) is 0 Å². The van der Waals surface area contributed by atoms with Crippen molar-refractivity contribution in [2.45, 2.75) is 63.0 Å². The van der Waals surface area contributed by atoms with Crippen molar-refractivity contribution >= 4 is 51.7 Å². The normalized spacial score (nSPS) is 21.2. The van der Waals surface area contributed by atoms with Gasteiger partial charge in [-0.15, -0.1) is 11.8 Å². The van der Waals surface area contributed by atoms with Crippen molar-refractivity contribution in [1.29, 1.82) is 0 Å². The minimum atomic E-state index is -0.725. The summed E-state index contributed by atoms with van der Waals surface area (Å²) in [6.45, 7) is 12.7. The second-order valence-electron chi connectivity index (χ2n) is 13.1. The number of rotatable bonds is 9. The molecule has 1 unspecified atom stereocenters. The standard InChI is InChI=1S/C35H42ClN5O4S/c1-23-37-28-6-4-7-30(32(28)34(44)41(23)29-12-13-31(42)38-33(29)43)46-19-5-14-39-15-17-40(18-16-39)21-25-22-45-35(2,3)20-27(25)24-8-10-26(36)11-9-24/h4,6-11,29H,5,12-22H2,1-3H3,(H,38,42,43). The smallest absolute Gasteiger partial charge is 0.263 e. The van der Waals surface area contributed by atoms with Crippen LogP contribution in [-0.2, 0) is 14.3 Å². The number of imide groups is 1. The third kappa shape index (κ3) is 7.42. The van der Waals surface area contributed by atoms with Crippen LogP contribution in [-0.4, -0.2) is 88.4 Å². The molecule has 0 bridgehead atoms. The number of aryl methyl sites for hydroxylation is 1. The summed E-state index contributed by atoms with van der Waals surface area (Å²) in [6.07, 6.45) is 2.39. The Labute approximate surface area is 279 Å². The Bertz CT molecular complexity index is 1710. The molecule has 2 saturated heterocycles. The number of nitrogens with zero attached hydrogens (tertiary/aromatic N) is 4. The summed E-state index contributed by atoms with van der Waals surface area (Å²) < 4.78 is 7.69. The molecule has 0 saturated carbocycles. The minimum Gasteiger partial charge on any atom is -0.371 e. The molecule has 2 aromatic carbocycles. The molecule has 0 spiro atoms. The van der Waals surface area contributed by atoms with Crippen molar-refractivity contribution in [3.8, 4) is 0 Å². The lowest BCUT2D eigenvalue weighted by molar-refractivity contribution is -0.135. The van der Waals surface area contributed by atoms with E-state index in [0.717, 1.165) is 67.8 Å². The molecule has 0 aliphatic carbocycles. The molecule has 244 valence electrons. The predicted octanol–water partition coefficient (Wildman–Crippen LogP) is 5.09. The Hall–Kier alpha value is -3.02. The number of amides is 2. The molecule has 1 aromatic heterocycles. The number of thioether (sulfide) groups is 1. The van der Waals surface area contributed by atoms with Crippen LogP contribution in [0.2, 0.25) is 5.02 Å². The number of nitrogens with one attached hydrogen (secondary N) is 1. The predicted molar refractivity (Wildman–Crippen MR) is 183 cm³/mol. The van der Waals surface area contributed by atoms with E-state index in [2.05, 4.69) is 46.1 Å². The maximum Gasteiger partial charge on any atom is 0.263 e. The van der Waals surface area contributed by atoms with Crippen molar-refractivity contribution in [3.63, 3.8) is 0 Å². The highest BCUT2D eigenvalue weighted by atomic mass is 35.5. The van der Waals surface area contributed by atoms with Crippen LogP contribution < -0.4 is 10.9 Å². The molecule has 9 nitrogen and oxygen atoms in total. The van der Waals surface area contributed by atoms with Crippen molar-refractivity contribution in [1.82, 2.24) is 24.7 Å². The number of fused-ring (bicyclic) bond motifs is 1. The topological polar surface area (TPSA) is 96.8 Å². The van der Waals surface area contributed by atoms with Crippen molar-refractivity contribution in [2.24, 2.45) is 0 Å². The van der Waals surface area contributed by atoms with Crippen molar-refractivity contribution in [2.75, 3.05) is 51.6 Å². The van der Waals surface area contributed by atoms with E-state index < -0.39 is 11.9 Å². The minimum absolute atomic E-state index is 0.180. The van der Waals surface area contributed by atoms with E-state index in [1.165, 1.54) is 21.3 Å². The molecule has 4 heterocycles. The SMILES string of the molecule is Cc1nc2cccc(SCCCN3CCN(CC4=C(c5ccc(Cl)cc5)CC(C)(C)OC4)CC3)c2c(=O)n1C1CCC(=O)NC1=O. The van der Waals surface area contributed by atoms with E-state index in [4.69, 9.17) is 16.3 Å². The van der Waals surface area contributed by atoms with Gasteiger partial charge < -0.3 is 9.64 Å². The zero-order valence-electron chi connectivity index (χ0n) is 26.8. The molecule has 2 amide bonds. The largest absolute Gasteiger partial charge is 0.371 e. The van der Waals surface area contributed by atoms with Gasteiger partial charge in [0.05, 0.1) is 23.1 Å². The first-order valence-corrected chi connectivity index (χ1v) is 17.5. The summed E-state index contributed by atoms with van der Waals surface area (Å²) in [5.41, 5.74) is 4.21. The Morgan fingerprint density at radius 1 is 1.04 bits per heavy atom. The maximum atomic E-state index is 13.7. The van der Waals surface area contributed by atoms with Crippen LogP contribution in [0.3, 0.4) is 0 Å². The summed E-state index contributed by atoms with van der Waals surface area (Å²) in [6, 6.07) is 13.2. The van der Waals surface area contributed by atoms with Gasteiger partial charge in [0.15, 0.2) is 0 Å². The van der Waals surface area contributed by atoms with E-state index in [9.17, 15) is 14.4 Å². The molecular formula is C35H42ClN5O4S. The molecule has 3 aliphatic heterocycles. The molecule has 6 rings (SSSR count). The van der Waals surface area contributed by atoms with Crippen LogP contribution in [0.4, 0.5) is 0 Å². The number of hydrogen-bond acceptors (Lipinski definition) is 8. The van der Waals surface area contributed by atoms with Crippen LogP contribution >= 0.6 is 23.4 Å². The highest BCUT2D eigenvalue weighted by Crippen LogP contribution is 2.36. The number of piperazine rings is 1. The van der Waals surface area contributed by atoms with Gasteiger partial charge >= 0.3 is 0 Å². The van der Waals surface area contributed by atoms with Gasteiger partial charge in [-0.1, -0.05) is 29.8 Å². The highest BCUT2D eigenvalue weighted by Gasteiger charge is 2.32. The van der Waals surface area contributed by atoms with E-state index in [1.807, 2.05) is 30.3 Å². The van der Waals surface area contributed by atoms with E-state index in [1.54, 1.807) is 18.7 Å². The summed E-state index contributed by atoms with van der Waals surface area (Å²) in [5.74, 6) is 0.602. The number of hydrogen-bond donors (Lipinski definition) is 1. The van der Waals surface area contributed by atoms with E-state index in [0.29, 0.717) is 29.8 Å². The van der Waals surface area contributed by atoms with Gasteiger partial charge in [-0.25, -0.2) is 4.98 Å². The molecule has 11 heteroatoms. The van der Waals surface area contributed by atoms with Gasteiger partial charge in [0.2, 0.25) is 11.8 Å². The highest BCUT2D eigenvalue weighted by molar-refractivity contribution is 7.99. The second kappa shape index (κ2) is 14.0. The number of halogens is 1. The average Bonchev–Trinajstić information content (AvgIpc) is 3.02. The number of carbonyl (C=O) groups is 2. The molecule has 3 aliphatic rings. The molecule has 46 heavy (non-hydrogen) atoms. The number of carbonyl (C=O) groups excluding carboxylic acids is 2. The molecule has 1 atom stereocenters. The lowest BCUT2D eigenvalue weighted by Crippen LogP contribution is -2.47. The zero-order chi connectivity index (χ0) is 32.4. The fraction of sp³-hybridized carbons (Fsp3) is 0.486. The lowest BCUT2D eigenvalue weighted by Gasteiger charge is -2.38. The van der Waals surface area contributed by atoms with Gasteiger partial charge in [0.1, 0.15) is 11.9 Å². The number of piperidine rings is 1. The summed E-state index contributed by atoms with van der Waals surface area (Å²) in [5, 5.41) is 3.66. The molecule has 2 fully saturated rings. The van der Waals surface area contributed by atoms with Gasteiger partial charge in [-0.05, 0) is 86.9 Å². The number of ether oxygens (including phenoxy) is 1. The first-order valence-electron chi connectivity index (χ1n) is 16.1. The summed E-state index contributed by atoms with van der Waals surface area (Å²) in [7, 11) is 0. The Morgan fingerprint density at radius 3 is 2.52 bits per heavy atom.